The molecule has 0 rings (SSSR count). The Hall–Kier alpha value is -0.610. The van der Waals surface area contributed by atoms with E-state index in [0.29, 0.717) is 13.2 Å². The summed E-state index contributed by atoms with van der Waals surface area (Å²) in [6, 6.07) is 0. The largest absolute Gasteiger partial charge is 0.356 e. The van der Waals surface area contributed by atoms with Crippen molar-refractivity contribution in [1.29, 1.82) is 0 Å². The summed E-state index contributed by atoms with van der Waals surface area (Å²) in [4.78, 5) is 15.3. The molecule has 0 fully saturated rings. The molecule has 0 bridgehead atoms. The van der Waals surface area contributed by atoms with Crippen LogP contribution in [0.2, 0.25) is 0 Å². The van der Waals surface area contributed by atoms with E-state index < -0.39 is 0 Å². The van der Waals surface area contributed by atoms with Crippen molar-refractivity contribution in [3.05, 3.63) is 0 Å². The Kier molecular flexibility index (Phi) is 5.78. The standard InChI is InChI=1S/C7H16N2O2/c1-6(2)7(10)9-4-3-5-11-8/h6H,3-5,8H2,1-2H3,(H,9,10). The van der Waals surface area contributed by atoms with E-state index in [1.54, 1.807) is 0 Å². The van der Waals surface area contributed by atoms with Gasteiger partial charge in [-0.25, -0.2) is 5.90 Å². The maximum atomic E-state index is 10.9. The second-order valence-electron chi connectivity index (χ2n) is 2.67. The van der Waals surface area contributed by atoms with Gasteiger partial charge in [0, 0.05) is 12.5 Å². The molecule has 66 valence electrons. The molecule has 4 nitrogen and oxygen atoms in total. The zero-order valence-electron chi connectivity index (χ0n) is 7.09. The minimum Gasteiger partial charge on any atom is -0.356 e. The summed E-state index contributed by atoms with van der Waals surface area (Å²) in [5, 5.41) is 2.74. The predicted octanol–water partition coefficient (Wildman–Crippen LogP) is 0.0390. The van der Waals surface area contributed by atoms with Crippen molar-refractivity contribution in [1.82, 2.24) is 5.32 Å². The van der Waals surface area contributed by atoms with Gasteiger partial charge in [0.05, 0.1) is 6.61 Å². The van der Waals surface area contributed by atoms with E-state index >= 15 is 0 Å². The van der Waals surface area contributed by atoms with Gasteiger partial charge in [-0.2, -0.15) is 0 Å². The molecule has 1 amide bonds. The van der Waals surface area contributed by atoms with Crippen molar-refractivity contribution in [3.63, 3.8) is 0 Å². The molecular formula is C7H16N2O2. The predicted molar refractivity (Wildman–Crippen MR) is 42.6 cm³/mol. The van der Waals surface area contributed by atoms with E-state index in [1.807, 2.05) is 13.8 Å². The van der Waals surface area contributed by atoms with E-state index in [0.717, 1.165) is 6.42 Å². The average molecular weight is 160 g/mol. The molecule has 4 heteroatoms. The van der Waals surface area contributed by atoms with Crippen molar-refractivity contribution in [2.75, 3.05) is 13.2 Å². The molecule has 0 aromatic heterocycles. The molecule has 0 aliphatic carbocycles. The number of rotatable bonds is 5. The topological polar surface area (TPSA) is 64.3 Å². The first-order chi connectivity index (χ1) is 5.18. The Bertz CT molecular complexity index is 115. The first-order valence-corrected chi connectivity index (χ1v) is 3.78. The van der Waals surface area contributed by atoms with E-state index in [4.69, 9.17) is 5.90 Å². The molecule has 0 spiro atoms. The lowest BCUT2D eigenvalue weighted by atomic mass is 10.2. The quantitative estimate of drug-likeness (QED) is 0.441. The van der Waals surface area contributed by atoms with Gasteiger partial charge in [-0.3, -0.25) is 4.79 Å². The van der Waals surface area contributed by atoms with Crippen molar-refractivity contribution < 1.29 is 9.63 Å². The van der Waals surface area contributed by atoms with Crippen LogP contribution in [-0.2, 0) is 9.63 Å². The lowest BCUT2D eigenvalue weighted by molar-refractivity contribution is -0.124. The highest BCUT2D eigenvalue weighted by Crippen LogP contribution is 1.89. The number of nitrogens with one attached hydrogen (secondary N) is 1. The zero-order chi connectivity index (χ0) is 8.69. The minimum absolute atomic E-state index is 0.0498. The fourth-order valence-corrected chi connectivity index (χ4v) is 0.571. The van der Waals surface area contributed by atoms with Crippen LogP contribution < -0.4 is 11.2 Å². The third-order valence-corrected chi connectivity index (χ3v) is 1.26. The highest BCUT2D eigenvalue weighted by atomic mass is 16.6. The number of nitrogens with two attached hydrogens (primary N) is 1. The van der Waals surface area contributed by atoms with Gasteiger partial charge in [-0.15, -0.1) is 0 Å². The van der Waals surface area contributed by atoms with Crippen LogP contribution in [0, 0.1) is 5.92 Å². The van der Waals surface area contributed by atoms with Gasteiger partial charge in [0.25, 0.3) is 0 Å². The van der Waals surface area contributed by atoms with Crippen molar-refractivity contribution in [2.45, 2.75) is 20.3 Å². The Balaban J connectivity index is 3.18. The van der Waals surface area contributed by atoms with E-state index in [1.165, 1.54) is 0 Å². The van der Waals surface area contributed by atoms with Crippen molar-refractivity contribution in [3.8, 4) is 0 Å². The summed E-state index contributed by atoms with van der Waals surface area (Å²) >= 11 is 0. The molecule has 0 atom stereocenters. The second kappa shape index (κ2) is 6.12. The molecule has 11 heavy (non-hydrogen) atoms. The number of hydrogen-bond donors (Lipinski definition) is 2. The summed E-state index contributed by atoms with van der Waals surface area (Å²) in [5.41, 5.74) is 0. The molecule has 0 aromatic carbocycles. The smallest absolute Gasteiger partial charge is 0.222 e. The third kappa shape index (κ3) is 5.82. The molecule has 0 saturated heterocycles. The minimum atomic E-state index is 0.0498. The Labute approximate surface area is 67.0 Å². The summed E-state index contributed by atoms with van der Waals surface area (Å²) in [6.07, 6.45) is 0.759. The molecule has 0 aliphatic heterocycles. The molecule has 0 saturated carbocycles. The van der Waals surface area contributed by atoms with E-state index in [9.17, 15) is 4.79 Å². The van der Waals surface area contributed by atoms with Gasteiger partial charge in [-0.1, -0.05) is 13.8 Å². The highest BCUT2D eigenvalue weighted by Gasteiger charge is 2.03. The lowest BCUT2D eigenvalue weighted by Gasteiger charge is -2.06. The number of amides is 1. The Morgan fingerprint density at radius 3 is 2.73 bits per heavy atom. The van der Waals surface area contributed by atoms with Crippen LogP contribution in [0.1, 0.15) is 20.3 Å². The van der Waals surface area contributed by atoms with Crippen molar-refractivity contribution >= 4 is 5.91 Å². The second-order valence-corrected chi connectivity index (χ2v) is 2.67. The monoisotopic (exact) mass is 160 g/mol. The molecule has 0 heterocycles. The van der Waals surface area contributed by atoms with Gasteiger partial charge in [0.2, 0.25) is 5.91 Å². The highest BCUT2D eigenvalue weighted by molar-refractivity contribution is 5.77. The summed E-state index contributed by atoms with van der Waals surface area (Å²) < 4.78 is 0. The van der Waals surface area contributed by atoms with Crippen LogP contribution >= 0.6 is 0 Å². The van der Waals surface area contributed by atoms with E-state index in [2.05, 4.69) is 10.2 Å². The molecule has 0 unspecified atom stereocenters. The summed E-state index contributed by atoms with van der Waals surface area (Å²) in [5.74, 6) is 4.91. The van der Waals surface area contributed by atoms with Crippen LogP contribution in [0.25, 0.3) is 0 Å². The Morgan fingerprint density at radius 2 is 2.27 bits per heavy atom. The molecule has 0 aliphatic rings. The average Bonchev–Trinajstić information content (AvgIpc) is 1.97. The van der Waals surface area contributed by atoms with Crippen LogP contribution in [0.4, 0.5) is 0 Å². The lowest BCUT2D eigenvalue weighted by Crippen LogP contribution is -2.29. The normalized spacial score (nSPS) is 10.2. The third-order valence-electron chi connectivity index (χ3n) is 1.26. The fraction of sp³-hybridized carbons (Fsp3) is 0.857. The first-order valence-electron chi connectivity index (χ1n) is 3.78. The molecule has 0 radical (unpaired) electrons. The first kappa shape index (κ1) is 10.4. The SMILES string of the molecule is CC(C)C(=O)NCCCON. The summed E-state index contributed by atoms with van der Waals surface area (Å²) in [6.45, 7) is 4.83. The summed E-state index contributed by atoms with van der Waals surface area (Å²) in [7, 11) is 0. The van der Waals surface area contributed by atoms with Gasteiger partial charge in [0.1, 0.15) is 0 Å². The van der Waals surface area contributed by atoms with Crippen LogP contribution in [0.3, 0.4) is 0 Å². The van der Waals surface area contributed by atoms with Crippen molar-refractivity contribution in [2.24, 2.45) is 11.8 Å². The molecular weight excluding hydrogens is 144 g/mol. The van der Waals surface area contributed by atoms with Gasteiger partial charge < -0.3 is 10.2 Å². The van der Waals surface area contributed by atoms with E-state index in [-0.39, 0.29) is 11.8 Å². The van der Waals surface area contributed by atoms with Crippen LogP contribution in [-0.4, -0.2) is 19.1 Å². The number of carbonyl (C=O) groups excluding carboxylic acids is 1. The van der Waals surface area contributed by atoms with Gasteiger partial charge >= 0.3 is 0 Å². The maximum absolute atomic E-state index is 10.9. The fourth-order valence-electron chi connectivity index (χ4n) is 0.571. The van der Waals surface area contributed by atoms with Gasteiger partial charge in [-0.05, 0) is 6.42 Å². The number of hydrogen-bond acceptors (Lipinski definition) is 3. The number of carbonyl (C=O) groups is 1. The van der Waals surface area contributed by atoms with Gasteiger partial charge in [0.15, 0.2) is 0 Å². The van der Waals surface area contributed by atoms with Crippen LogP contribution in [0.5, 0.6) is 0 Å². The Morgan fingerprint density at radius 1 is 1.64 bits per heavy atom. The molecule has 3 N–H and O–H groups in total. The zero-order valence-corrected chi connectivity index (χ0v) is 7.09. The van der Waals surface area contributed by atoms with Crippen LogP contribution in [0.15, 0.2) is 0 Å². The maximum Gasteiger partial charge on any atom is 0.222 e. The molecule has 0 aromatic rings.